The second kappa shape index (κ2) is 9.29. The fraction of sp³-hybridized carbons (Fsp3) is 0.190. The number of carbonyl (C=O) groups excluding carboxylic acids is 1. The third kappa shape index (κ3) is 5.61. The fourth-order valence-corrected chi connectivity index (χ4v) is 3.14. The average Bonchev–Trinajstić information content (AvgIpc) is 3.12. The van der Waals surface area contributed by atoms with Gasteiger partial charge in [-0.1, -0.05) is 35.9 Å². The number of benzene rings is 2. The van der Waals surface area contributed by atoms with E-state index in [1.807, 2.05) is 31.2 Å². The zero-order chi connectivity index (χ0) is 20.8. The molecule has 150 valence electrons. The highest BCUT2D eigenvalue weighted by Gasteiger charge is 2.11. The Balaban J connectivity index is 1.77. The molecule has 3 rings (SSSR count). The zero-order valence-electron chi connectivity index (χ0n) is 16.2. The number of rotatable bonds is 8. The van der Waals surface area contributed by atoms with Crippen LogP contribution in [0.1, 0.15) is 22.6 Å². The Bertz CT molecular complexity index is 1030. The van der Waals surface area contributed by atoms with Crippen LogP contribution >= 0.6 is 11.8 Å². The van der Waals surface area contributed by atoms with Gasteiger partial charge in [0.2, 0.25) is 5.89 Å². The highest BCUT2D eigenvalue weighted by molar-refractivity contribution is 8.03. The zero-order valence-corrected chi connectivity index (χ0v) is 17.0. The molecule has 0 saturated carbocycles. The first-order valence-corrected chi connectivity index (χ1v) is 9.53. The largest absolute Gasteiger partial charge is 0.544 e. The van der Waals surface area contributed by atoms with Crippen LogP contribution in [0.5, 0.6) is 11.5 Å². The van der Waals surface area contributed by atoms with Gasteiger partial charge in [0, 0.05) is 11.8 Å². The van der Waals surface area contributed by atoms with E-state index >= 15 is 0 Å². The standard InChI is InChI=1S/C21H20N2O5S/c1-13-4-6-15(7-5-13)12-27-17-9-8-16(10-18(17)26-3)11-19(20(24)25)29-21-23-22-14(2)28-21/h4-11H,12H2,1-3H3,(H,24,25)/p-1/b19-11-. The number of carbonyl (C=O) groups is 1. The van der Waals surface area contributed by atoms with Gasteiger partial charge < -0.3 is 23.8 Å². The lowest BCUT2D eigenvalue weighted by Crippen LogP contribution is -2.23. The molecule has 0 unspecified atom stereocenters. The molecule has 1 heterocycles. The van der Waals surface area contributed by atoms with E-state index in [-0.39, 0.29) is 10.1 Å². The topological polar surface area (TPSA) is 97.5 Å². The summed E-state index contributed by atoms with van der Waals surface area (Å²) in [5.74, 6) is 0.0501. The average molecular weight is 411 g/mol. The van der Waals surface area contributed by atoms with Crippen molar-refractivity contribution in [3.8, 4) is 11.5 Å². The third-order valence-corrected chi connectivity index (χ3v) is 4.75. The molecule has 7 nitrogen and oxygen atoms in total. The quantitative estimate of drug-likeness (QED) is 0.412. The number of hydrogen-bond acceptors (Lipinski definition) is 8. The van der Waals surface area contributed by atoms with Crippen LogP contribution < -0.4 is 14.6 Å². The lowest BCUT2D eigenvalue weighted by atomic mass is 10.1. The summed E-state index contributed by atoms with van der Waals surface area (Å²) >= 11 is 0.826. The Labute approximate surface area is 172 Å². The van der Waals surface area contributed by atoms with Gasteiger partial charge in [-0.25, -0.2) is 0 Å². The first-order chi connectivity index (χ1) is 13.9. The van der Waals surface area contributed by atoms with Crippen LogP contribution in [0.4, 0.5) is 0 Å². The number of hydrogen-bond donors (Lipinski definition) is 0. The SMILES string of the molecule is COc1cc(/C=C(\Sc2nnc(C)o2)C(=O)[O-])ccc1OCc1ccc(C)cc1. The molecule has 29 heavy (non-hydrogen) atoms. The summed E-state index contributed by atoms with van der Waals surface area (Å²) in [5.41, 5.74) is 2.82. The summed E-state index contributed by atoms with van der Waals surface area (Å²) in [6, 6.07) is 13.2. The fourth-order valence-electron chi connectivity index (χ4n) is 2.43. The van der Waals surface area contributed by atoms with Gasteiger partial charge in [-0.2, -0.15) is 0 Å². The van der Waals surface area contributed by atoms with Gasteiger partial charge in [0.25, 0.3) is 5.22 Å². The molecule has 0 fully saturated rings. The van der Waals surface area contributed by atoms with Gasteiger partial charge >= 0.3 is 0 Å². The summed E-state index contributed by atoms with van der Waals surface area (Å²) in [6.45, 7) is 4.04. The first kappa shape index (κ1) is 20.5. The Morgan fingerprint density at radius 1 is 1.14 bits per heavy atom. The predicted molar refractivity (Wildman–Crippen MR) is 106 cm³/mol. The van der Waals surface area contributed by atoms with Crippen molar-refractivity contribution in [3.63, 3.8) is 0 Å². The number of carboxylic acid groups (broad SMARTS) is 1. The Morgan fingerprint density at radius 3 is 2.52 bits per heavy atom. The molecule has 0 radical (unpaired) electrons. The van der Waals surface area contributed by atoms with Gasteiger partial charge in [0.1, 0.15) is 6.61 Å². The Hall–Kier alpha value is -3.26. The molecule has 0 aliphatic carbocycles. The van der Waals surface area contributed by atoms with Gasteiger partial charge in [-0.05, 0) is 48.0 Å². The van der Waals surface area contributed by atoms with Crippen LogP contribution in [0.25, 0.3) is 6.08 Å². The van der Waals surface area contributed by atoms with Gasteiger partial charge in [0.05, 0.1) is 13.1 Å². The number of aromatic nitrogens is 2. The van der Waals surface area contributed by atoms with Crippen LogP contribution in [-0.2, 0) is 11.4 Å². The van der Waals surface area contributed by atoms with E-state index in [0.29, 0.717) is 29.6 Å². The first-order valence-electron chi connectivity index (χ1n) is 8.72. The normalized spacial score (nSPS) is 11.3. The minimum atomic E-state index is -1.34. The molecule has 2 aromatic carbocycles. The molecule has 3 aromatic rings. The lowest BCUT2D eigenvalue weighted by molar-refractivity contribution is -0.298. The number of carboxylic acids is 1. The predicted octanol–water partition coefficient (Wildman–Crippen LogP) is 3.16. The third-order valence-electron chi connectivity index (χ3n) is 3.91. The van der Waals surface area contributed by atoms with Crippen molar-refractivity contribution in [2.24, 2.45) is 0 Å². The van der Waals surface area contributed by atoms with Crippen LogP contribution in [0, 0.1) is 13.8 Å². The highest BCUT2D eigenvalue weighted by atomic mass is 32.2. The molecule has 0 N–H and O–H groups in total. The van der Waals surface area contributed by atoms with E-state index in [9.17, 15) is 9.90 Å². The van der Waals surface area contributed by atoms with Crippen molar-refractivity contribution in [2.75, 3.05) is 7.11 Å². The van der Waals surface area contributed by atoms with Gasteiger partial charge in [-0.3, -0.25) is 0 Å². The smallest absolute Gasteiger partial charge is 0.281 e. The van der Waals surface area contributed by atoms with Crippen molar-refractivity contribution >= 4 is 23.8 Å². The van der Waals surface area contributed by atoms with E-state index < -0.39 is 5.97 Å². The van der Waals surface area contributed by atoms with E-state index in [1.54, 1.807) is 25.1 Å². The molecule has 0 bridgehead atoms. The number of ether oxygens (including phenoxy) is 2. The molecule has 0 spiro atoms. The number of aryl methyl sites for hydroxylation is 2. The summed E-state index contributed by atoms with van der Waals surface area (Å²) in [4.78, 5) is 11.4. The van der Waals surface area contributed by atoms with Crippen LogP contribution in [0.15, 0.2) is 57.0 Å². The van der Waals surface area contributed by atoms with Crippen LogP contribution in [-0.4, -0.2) is 23.3 Å². The Kier molecular flexibility index (Phi) is 6.56. The van der Waals surface area contributed by atoms with E-state index in [2.05, 4.69) is 10.2 Å². The lowest BCUT2D eigenvalue weighted by Gasteiger charge is -2.12. The maximum Gasteiger partial charge on any atom is 0.281 e. The highest BCUT2D eigenvalue weighted by Crippen LogP contribution is 2.32. The van der Waals surface area contributed by atoms with Gasteiger partial charge in [-0.15, -0.1) is 10.2 Å². The van der Waals surface area contributed by atoms with Crippen molar-refractivity contribution in [2.45, 2.75) is 25.7 Å². The van der Waals surface area contributed by atoms with Crippen molar-refractivity contribution in [1.29, 1.82) is 0 Å². The molecule has 0 amide bonds. The molecule has 0 atom stereocenters. The molecular weight excluding hydrogens is 392 g/mol. The summed E-state index contributed by atoms with van der Waals surface area (Å²) in [6.07, 6.45) is 1.45. The van der Waals surface area contributed by atoms with E-state index in [0.717, 1.165) is 17.3 Å². The second-order valence-electron chi connectivity index (χ2n) is 6.17. The molecule has 1 aromatic heterocycles. The second-order valence-corrected chi connectivity index (χ2v) is 7.16. The van der Waals surface area contributed by atoms with Crippen LogP contribution in [0.3, 0.4) is 0 Å². The van der Waals surface area contributed by atoms with Crippen LogP contribution in [0.2, 0.25) is 0 Å². The van der Waals surface area contributed by atoms with E-state index in [4.69, 9.17) is 13.9 Å². The maximum atomic E-state index is 11.5. The van der Waals surface area contributed by atoms with Crippen molar-refractivity contribution < 1.29 is 23.8 Å². The van der Waals surface area contributed by atoms with Crippen molar-refractivity contribution in [3.05, 3.63) is 70.0 Å². The minimum Gasteiger partial charge on any atom is -0.544 e. The summed E-state index contributed by atoms with van der Waals surface area (Å²) in [5, 5.41) is 19.1. The monoisotopic (exact) mass is 411 g/mol. The molecule has 0 aliphatic heterocycles. The van der Waals surface area contributed by atoms with Gasteiger partial charge in [0.15, 0.2) is 11.5 Å². The summed E-state index contributed by atoms with van der Waals surface area (Å²) in [7, 11) is 1.52. The number of nitrogens with zero attached hydrogens (tertiary/aromatic N) is 2. The molecule has 0 aliphatic rings. The number of thioether (sulfide) groups is 1. The summed E-state index contributed by atoms with van der Waals surface area (Å²) < 4.78 is 16.5. The molecule has 8 heteroatoms. The number of aliphatic carboxylic acids is 1. The van der Waals surface area contributed by atoms with Crippen molar-refractivity contribution in [1.82, 2.24) is 10.2 Å². The molecule has 0 saturated heterocycles. The number of methoxy groups -OCH3 is 1. The van der Waals surface area contributed by atoms with E-state index in [1.165, 1.54) is 18.7 Å². The molecular formula is C21H19N2O5S-. The minimum absolute atomic E-state index is 0.0657. The maximum absolute atomic E-state index is 11.5. The Morgan fingerprint density at radius 2 is 1.90 bits per heavy atom.